The third kappa shape index (κ3) is 3.40. The van der Waals surface area contributed by atoms with E-state index in [4.69, 9.17) is 15.2 Å². The number of carbonyl (C=O) groups is 1. The zero-order chi connectivity index (χ0) is 12.0. The highest BCUT2D eigenvalue weighted by Crippen LogP contribution is 2.14. The molecular weight excluding hydrogens is 206 g/mol. The lowest BCUT2D eigenvalue weighted by atomic mass is 10.1. The molecular formula is C12H15NO3. The topological polar surface area (TPSA) is 61.6 Å². The first-order chi connectivity index (χ1) is 7.65. The number of rotatable bonds is 5. The first kappa shape index (κ1) is 12.3. The van der Waals surface area contributed by atoms with Gasteiger partial charge < -0.3 is 15.2 Å². The average molecular weight is 221 g/mol. The van der Waals surface area contributed by atoms with Crippen LogP contribution in [-0.2, 0) is 14.3 Å². The second-order valence-electron chi connectivity index (χ2n) is 3.20. The molecule has 1 unspecified atom stereocenters. The lowest BCUT2D eigenvalue weighted by Gasteiger charge is -2.10. The van der Waals surface area contributed by atoms with Gasteiger partial charge in [-0.1, -0.05) is 30.3 Å². The van der Waals surface area contributed by atoms with Crippen molar-refractivity contribution < 1.29 is 14.3 Å². The Labute approximate surface area is 94.7 Å². The smallest absolute Gasteiger partial charge is 0.252 e. The molecule has 2 N–H and O–H groups in total. The van der Waals surface area contributed by atoms with Crippen LogP contribution in [0.3, 0.4) is 0 Å². The molecule has 0 spiro atoms. The second kappa shape index (κ2) is 5.92. The van der Waals surface area contributed by atoms with Crippen LogP contribution in [0.25, 0.3) is 5.57 Å². The van der Waals surface area contributed by atoms with E-state index in [-0.39, 0.29) is 0 Å². The van der Waals surface area contributed by atoms with E-state index >= 15 is 0 Å². The second-order valence-corrected chi connectivity index (χ2v) is 3.20. The van der Waals surface area contributed by atoms with Gasteiger partial charge in [-0.2, -0.15) is 0 Å². The number of primary amides is 1. The number of methoxy groups -OCH3 is 1. The van der Waals surface area contributed by atoms with Crippen molar-refractivity contribution in [2.45, 2.75) is 13.2 Å². The van der Waals surface area contributed by atoms with Crippen molar-refractivity contribution in [1.82, 2.24) is 0 Å². The summed E-state index contributed by atoms with van der Waals surface area (Å²) >= 11 is 0. The van der Waals surface area contributed by atoms with Gasteiger partial charge in [0, 0.05) is 7.11 Å². The Morgan fingerprint density at radius 1 is 1.38 bits per heavy atom. The van der Waals surface area contributed by atoms with Crippen molar-refractivity contribution in [1.29, 1.82) is 0 Å². The highest BCUT2D eigenvalue weighted by atomic mass is 16.7. The van der Waals surface area contributed by atoms with Gasteiger partial charge in [-0.15, -0.1) is 0 Å². The van der Waals surface area contributed by atoms with Crippen LogP contribution < -0.4 is 5.73 Å². The van der Waals surface area contributed by atoms with E-state index in [1.165, 1.54) is 13.4 Å². The molecule has 86 valence electrons. The predicted octanol–water partition coefficient (Wildman–Crippen LogP) is 1.52. The van der Waals surface area contributed by atoms with E-state index in [1.807, 2.05) is 18.2 Å². The van der Waals surface area contributed by atoms with Gasteiger partial charge >= 0.3 is 0 Å². The molecule has 0 aromatic heterocycles. The fourth-order valence-corrected chi connectivity index (χ4v) is 1.11. The zero-order valence-corrected chi connectivity index (χ0v) is 9.34. The van der Waals surface area contributed by atoms with Gasteiger partial charge in [0.05, 0.1) is 11.8 Å². The van der Waals surface area contributed by atoms with Gasteiger partial charge in [0.1, 0.15) is 0 Å². The Hall–Kier alpha value is -1.81. The number of benzene rings is 1. The van der Waals surface area contributed by atoms with Crippen molar-refractivity contribution >= 4 is 11.5 Å². The van der Waals surface area contributed by atoms with Gasteiger partial charge in [-0.3, -0.25) is 4.79 Å². The van der Waals surface area contributed by atoms with E-state index in [9.17, 15) is 4.79 Å². The molecule has 0 saturated heterocycles. The maximum Gasteiger partial charge on any atom is 0.252 e. The van der Waals surface area contributed by atoms with Crippen LogP contribution in [0.15, 0.2) is 36.6 Å². The quantitative estimate of drug-likeness (QED) is 0.466. The van der Waals surface area contributed by atoms with Crippen molar-refractivity contribution in [2.75, 3.05) is 7.11 Å². The van der Waals surface area contributed by atoms with Crippen LogP contribution in [-0.4, -0.2) is 19.3 Å². The molecule has 0 heterocycles. The average Bonchev–Trinajstić information content (AvgIpc) is 2.30. The van der Waals surface area contributed by atoms with Crippen molar-refractivity contribution in [3.8, 4) is 0 Å². The number of hydrogen-bond donors (Lipinski definition) is 1. The molecule has 1 atom stereocenters. The third-order valence-corrected chi connectivity index (χ3v) is 2.06. The van der Waals surface area contributed by atoms with E-state index in [1.54, 1.807) is 19.1 Å². The summed E-state index contributed by atoms with van der Waals surface area (Å²) in [6.07, 6.45) is 0.907. The van der Waals surface area contributed by atoms with Gasteiger partial charge in [0.25, 0.3) is 5.91 Å². The molecule has 16 heavy (non-hydrogen) atoms. The molecule has 0 aliphatic rings. The highest BCUT2D eigenvalue weighted by molar-refractivity contribution is 6.18. The lowest BCUT2D eigenvalue weighted by Crippen LogP contribution is -2.15. The Kier molecular flexibility index (Phi) is 4.54. The largest absolute Gasteiger partial charge is 0.472 e. The maximum absolute atomic E-state index is 11.2. The minimum absolute atomic E-state index is 0.324. The van der Waals surface area contributed by atoms with E-state index in [0.29, 0.717) is 5.57 Å². The fraction of sp³-hybridized carbons (Fsp3) is 0.250. The van der Waals surface area contributed by atoms with Crippen LogP contribution in [0.1, 0.15) is 12.5 Å². The van der Waals surface area contributed by atoms with Crippen molar-refractivity contribution in [2.24, 2.45) is 5.73 Å². The Bertz CT molecular complexity index is 373. The standard InChI is InChI=1S/C12H15NO3/c1-9(15-2)16-8-11(12(13)14)10-6-4-3-5-7-10/h3-9H,1-2H3,(H2,13,14). The molecule has 1 rings (SSSR count). The van der Waals surface area contributed by atoms with E-state index in [0.717, 1.165) is 5.56 Å². The molecule has 0 radical (unpaired) electrons. The molecule has 1 aromatic rings. The molecule has 4 heteroatoms. The minimum atomic E-state index is -0.533. The summed E-state index contributed by atoms with van der Waals surface area (Å²) in [5.41, 5.74) is 6.31. The van der Waals surface area contributed by atoms with E-state index in [2.05, 4.69) is 0 Å². The molecule has 1 aromatic carbocycles. The first-order valence-electron chi connectivity index (χ1n) is 4.88. The fourth-order valence-electron chi connectivity index (χ4n) is 1.11. The molecule has 0 bridgehead atoms. The monoisotopic (exact) mass is 221 g/mol. The van der Waals surface area contributed by atoms with Gasteiger partial charge in [-0.05, 0) is 12.5 Å². The normalized spacial score (nSPS) is 13.2. The molecule has 0 aliphatic heterocycles. The van der Waals surface area contributed by atoms with E-state index < -0.39 is 12.2 Å². The Balaban J connectivity index is 2.88. The molecule has 0 saturated carbocycles. The predicted molar refractivity (Wildman–Crippen MR) is 61.2 cm³/mol. The first-order valence-corrected chi connectivity index (χ1v) is 4.88. The zero-order valence-electron chi connectivity index (χ0n) is 9.34. The third-order valence-electron chi connectivity index (χ3n) is 2.06. The maximum atomic E-state index is 11.2. The summed E-state index contributed by atoms with van der Waals surface area (Å²) < 4.78 is 10.1. The summed E-state index contributed by atoms with van der Waals surface area (Å²) in [4.78, 5) is 11.2. The van der Waals surface area contributed by atoms with Crippen LogP contribution in [0, 0.1) is 0 Å². The van der Waals surface area contributed by atoms with Crippen LogP contribution >= 0.6 is 0 Å². The summed E-state index contributed by atoms with van der Waals surface area (Å²) in [7, 11) is 1.52. The molecule has 0 aliphatic carbocycles. The summed E-state index contributed by atoms with van der Waals surface area (Å²) in [5.74, 6) is -0.533. The number of nitrogens with two attached hydrogens (primary N) is 1. The lowest BCUT2D eigenvalue weighted by molar-refractivity contribution is -0.113. The summed E-state index contributed by atoms with van der Waals surface area (Å²) in [6.45, 7) is 1.72. The number of amides is 1. The van der Waals surface area contributed by atoms with Crippen LogP contribution in [0.4, 0.5) is 0 Å². The Morgan fingerprint density at radius 3 is 2.50 bits per heavy atom. The number of carbonyl (C=O) groups excluding carboxylic acids is 1. The van der Waals surface area contributed by atoms with Crippen LogP contribution in [0.2, 0.25) is 0 Å². The van der Waals surface area contributed by atoms with Crippen LogP contribution in [0.5, 0.6) is 0 Å². The number of hydrogen-bond acceptors (Lipinski definition) is 3. The number of ether oxygens (including phenoxy) is 2. The SMILES string of the molecule is COC(C)OC=C(C(N)=O)c1ccccc1. The molecule has 0 fully saturated rings. The summed E-state index contributed by atoms with van der Waals surface area (Å²) in [5, 5.41) is 0. The molecule has 1 amide bonds. The Morgan fingerprint density at radius 2 is 2.00 bits per heavy atom. The summed E-state index contributed by atoms with van der Waals surface area (Å²) in [6, 6.07) is 9.09. The van der Waals surface area contributed by atoms with Crippen molar-refractivity contribution in [3.63, 3.8) is 0 Å². The highest BCUT2D eigenvalue weighted by Gasteiger charge is 2.09. The van der Waals surface area contributed by atoms with Gasteiger partial charge in [0.15, 0.2) is 6.29 Å². The van der Waals surface area contributed by atoms with Crippen molar-refractivity contribution in [3.05, 3.63) is 42.2 Å². The molecule has 4 nitrogen and oxygen atoms in total. The minimum Gasteiger partial charge on any atom is -0.472 e. The van der Waals surface area contributed by atoms with Gasteiger partial charge in [0.2, 0.25) is 0 Å². The van der Waals surface area contributed by atoms with Gasteiger partial charge in [-0.25, -0.2) is 0 Å².